The fourth-order valence-electron chi connectivity index (χ4n) is 5.90. The van der Waals surface area contributed by atoms with E-state index in [1.807, 2.05) is 12.4 Å². The topological polar surface area (TPSA) is 35.6 Å². The van der Waals surface area contributed by atoms with Crippen molar-refractivity contribution < 1.29 is 0 Å². The van der Waals surface area contributed by atoms with E-state index in [1.165, 1.54) is 43.6 Å². The zero-order valence-electron chi connectivity index (χ0n) is 20.5. The van der Waals surface area contributed by atoms with Crippen LogP contribution in [-0.4, -0.2) is 19.1 Å². The summed E-state index contributed by atoms with van der Waals surface area (Å²) >= 11 is 0. The lowest BCUT2D eigenvalue weighted by molar-refractivity contribution is 1.16. The lowest BCUT2D eigenvalue weighted by atomic mass is 10.1. The molecule has 8 rings (SSSR count). The number of nitrogens with zero attached hydrogens (tertiary/aromatic N) is 4. The molecule has 0 aliphatic carbocycles. The number of fused-ring (bicyclic) bond motifs is 7. The first kappa shape index (κ1) is 20.9. The molecule has 0 saturated carbocycles. The first-order valence-corrected chi connectivity index (χ1v) is 12.7. The molecule has 3 heterocycles. The van der Waals surface area contributed by atoms with Gasteiger partial charge in [-0.2, -0.15) is 0 Å². The van der Waals surface area contributed by atoms with Crippen molar-refractivity contribution in [3.63, 3.8) is 0 Å². The van der Waals surface area contributed by atoms with Gasteiger partial charge in [-0.1, -0.05) is 72.8 Å². The van der Waals surface area contributed by atoms with Crippen LogP contribution in [-0.2, 0) is 0 Å². The SMILES string of the molecule is c1ccc(-n2c3ccccc3c3c2ccc2c4ccccc4n(-c4cccc(-c5cncnc5)c4)c23)cc1. The van der Waals surface area contributed by atoms with Gasteiger partial charge in [0.05, 0.1) is 22.1 Å². The van der Waals surface area contributed by atoms with E-state index in [1.54, 1.807) is 6.33 Å². The van der Waals surface area contributed by atoms with E-state index in [9.17, 15) is 0 Å². The van der Waals surface area contributed by atoms with Gasteiger partial charge in [0, 0.05) is 50.9 Å². The van der Waals surface area contributed by atoms with E-state index < -0.39 is 0 Å². The number of benzene rings is 5. The van der Waals surface area contributed by atoms with Gasteiger partial charge in [0.1, 0.15) is 6.33 Å². The third kappa shape index (κ3) is 2.98. The minimum Gasteiger partial charge on any atom is -0.309 e. The molecule has 0 spiro atoms. The summed E-state index contributed by atoms with van der Waals surface area (Å²) in [6, 6.07) is 41.3. The van der Waals surface area contributed by atoms with E-state index in [-0.39, 0.29) is 0 Å². The first-order valence-electron chi connectivity index (χ1n) is 12.7. The number of hydrogen-bond acceptors (Lipinski definition) is 2. The fourth-order valence-corrected chi connectivity index (χ4v) is 5.90. The molecule has 0 radical (unpaired) electrons. The van der Waals surface area contributed by atoms with Crippen molar-refractivity contribution >= 4 is 43.6 Å². The Morgan fingerprint density at radius 1 is 0.447 bits per heavy atom. The van der Waals surface area contributed by atoms with Crippen LogP contribution in [0.4, 0.5) is 0 Å². The highest BCUT2D eigenvalue weighted by molar-refractivity contribution is 6.26. The largest absolute Gasteiger partial charge is 0.309 e. The Balaban J connectivity index is 1.55. The molecule has 0 unspecified atom stereocenters. The van der Waals surface area contributed by atoms with Gasteiger partial charge in [-0.15, -0.1) is 0 Å². The van der Waals surface area contributed by atoms with Crippen LogP contribution >= 0.6 is 0 Å². The Morgan fingerprint density at radius 3 is 1.95 bits per heavy atom. The zero-order chi connectivity index (χ0) is 25.1. The van der Waals surface area contributed by atoms with E-state index in [4.69, 9.17) is 0 Å². The average Bonchev–Trinajstić information content (AvgIpc) is 3.51. The molecule has 0 aliphatic heterocycles. The van der Waals surface area contributed by atoms with Crippen molar-refractivity contribution in [1.29, 1.82) is 0 Å². The smallest absolute Gasteiger partial charge is 0.115 e. The molecule has 8 aromatic rings. The van der Waals surface area contributed by atoms with Crippen LogP contribution in [0.5, 0.6) is 0 Å². The molecule has 0 bridgehead atoms. The summed E-state index contributed by atoms with van der Waals surface area (Å²) < 4.78 is 4.80. The van der Waals surface area contributed by atoms with Crippen molar-refractivity contribution in [2.45, 2.75) is 0 Å². The van der Waals surface area contributed by atoms with Crippen molar-refractivity contribution in [3.8, 4) is 22.5 Å². The highest BCUT2D eigenvalue weighted by Crippen LogP contribution is 2.42. The summed E-state index contributed by atoms with van der Waals surface area (Å²) in [7, 11) is 0. The summed E-state index contributed by atoms with van der Waals surface area (Å²) in [5, 5.41) is 4.99. The summed E-state index contributed by atoms with van der Waals surface area (Å²) in [5.74, 6) is 0. The number of aromatic nitrogens is 4. The summed E-state index contributed by atoms with van der Waals surface area (Å²) in [6.07, 6.45) is 5.30. The maximum absolute atomic E-state index is 4.24. The molecule has 38 heavy (non-hydrogen) atoms. The molecule has 4 heteroatoms. The van der Waals surface area contributed by atoms with Crippen LogP contribution in [0.25, 0.3) is 66.1 Å². The minimum absolute atomic E-state index is 1.00. The number of rotatable bonds is 3. The van der Waals surface area contributed by atoms with E-state index in [0.717, 1.165) is 22.5 Å². The van der Waals surface area contributed by atoms with Crippen LogP contribution in [0, 0.1) is 0 Å². The predicted octanol–water partition coefficient (Wildman–Crippen LogP) is 8.34. The van der Waals surface area contributed by atoms with Crippen LogP contribution in [0.15, 0.2) is 134 Å². The molecule has 5 aromatic carbocycles. The second-order valence-electron chi connectivity index (χ2n) is 9.57. The van der Waals surface area contributed by atoms with Gasteiger partial charge in [0.15, 0.2) is 0 Å². The molecule has 0 N–H and O–H groups in total. The van der Waals surface area contributed by atoms with Crippen LogP contribution in [0.2, 0.25) is 0 Å². The molecule has 0 fully saturated rings. The van der Waals surface area contributed by atoms with Gasteiger partial charge in [-0.05, 0) is 48.0 Å². The average molecular weight is 487 g/mol. The molecule has 0 atom stereocenters. The standard InChI is InChI=1S/C34H22N4/c1-2-10-25(11-3-1)37-31-16-7-5-14-29(31)33-32(37)18-17-28-27-13-4-6-15-30(27)38(34(28)33)26-12-8-9-23(19-26)24-20-35-22-36-21-24/h1-22H. The Morgan fingerprint density at radius 2 is 1.13 bits per heavy atom. The van der Waals surface area contributed by atoms with Crippen molar-refractivity contribution in [1.82, 2.24) is 19.1 Å². The van der Waals surface area contributed by atoms with Gasteiger partial charge in [-0.25, -0.2) is 9.97 Å². The first-order chi connectivity index (χ1) is 18.9. The van der Waals surface area contributed by atoms with E-state index >= 15 is 0 Å². The maximum Gasteiger partial charge on any atom is 0.115 e. The summed E-state index contributed by atoms with van der Waals surface area (Å²) in [5.41, 5.74) is 9.17. The monoisotopic (exact) mass is 486 g/mol. The van der Waals surface area contributed by atoms with Crippen molar-refractivity contribution in [2.24, 2.45) is 0 Å². The van der Waals surface area contributed by atoms with E-state index in [0.29, 0.717) is 0 Å². The summed E-state index contributed by atoms with van der Waals surface area (Å²) in [4.78, 5) is 8.48. The molecular formula is C34H22N4. The molecule has 3 aromatic heterocycles. The van der Waals surface area contributed by atoms with Crippen LogP contribution in [0.1, 0.15) is 0 Å². The predicted molar refractivity (Wildman–Crippen MR) is 156 cm³/mol. The molecule has 0 amide bonds. The Labute approximate surface area is 219 Å². The number of hydrogen-bond donors (Lipinski definition) is 0. The molecule has 4 nitrogen and oxygen atoms in total. The lowest BCUT2D eigenvalue weighted by Gasteiger charge is -2.11. The third-order valence-electron chi connectivity index (χ3n) is 7.48. The highest BCUT2D eigenvalue weighted by Gasteiger charge is 2.20. The van der Waals surface area contributed by atoms with Gasteiger partial charge < -0.3 is 9.13 Å². The second-order valence-corrected chi connectivity index (χ2v) is 9.57. The summed E-state index contributed by atoms with van der Waals surface area (Å²) in [6.45, 7) is 0. The third-order valence-corrected chi connectivity index (χ3v) is 7.48. The Hall–Kier alpha value is -5.22. The molecule has 0 saturated heterocycles. The van der Waals surface area contributed by atoms with E-state index in [2.05, 4.69) is 134 Å². The van der Waals surface area contributed by atoms with Gasteiger partial charge in [0.25, 0.3) is 0 Å². The molecule has 0 aliphatic rings. The Kier molecular flexibility index (Phi) is 4.49. The quantitative estimate of drug-likeness (QED) is 0.252. The van der Waals surface area contributed by atoms with Gasteiger partial charge in [0.2, 0.25) is 0 Å². The fraction of sp³-hybridized carbons (Fsp3) is 0. The Bertz CT molecular complexity index is 2120. The van der Waals surface area contributed by atoms with Gasteiger partial charge in [-0.3, -0.25) is 0 Å². The normalized spacial score (nSPS) is 11.7. The zero-order valence-corrected chi connectivity index (χ0v) is 20.5. The second kappa shape index (κ2) is 8.15. The minimum atomic E-state index is 1.00. The van der Waals surface area contributed by atoms with Crippen LogP contribution in [0.3, 0.4) is 0 Å². The number of para-hydroxylation sites is 3. The molecule has 178 valence electrons. The molecular weight excluding hydrogens is 464 g/mol. The lowest BCUT2D eigenvalue weighted by Crippen LogP contribution is -1.96. The maximum atomic E-state index is 4.24. The highest BCUT2D eigenvalue weighted by atomic mass is 15.0. The van der Waals surface area contributed by atoms with Gasteiger partial charge >= 0.3 is 0 Å². The van der Waals surface area contributed by atoms with Crippen molar-refractivity contribution in [3.05, 3.63) is 134 Å². The van der Waals surface area contributed by atoms with Crippen LogP contribution < -0.4 is 0 Å². The van der Waals surface area contributed by atoms with Crippen molar-refractivity contribution in [2.75, 3.05) is 0 Å².